The number of hydrogen-bond donors (Lipinski definition) is 2. The topological polar surface area (TPSA) is 58.6 Å². The lowest BCUT2D eigenvalue weighted by Crippen LogP contribution is -2.40. The van der Waals surface area contributed by atoms with Crippen LogP contribution < -0.4 is 5.32 Å². The van der Waals surface area contributed by atoms with E-state index in [1.54, 1.807) is 6.07 Å². The molecule has 1 amide bonds. The molecule has 1 fully saturated rings. The molecule has 112 valence electrons. The van der Waals surface area contributed by atoms with Crippen molar-refractivity contribution in [2.45, 2.75) is 25.3 Å². The van der Waals surface area contributed by atoms with E-state index < -0.39 is 11.7 Å². The molecular weight excluding hydrogens is 273 g/mol. The number of aliphatic hydroxyl groups is 1. The molecule has 1 aliphatic heterocycles. The van der Waals surface area contributed by atoms with Gasteiger partial charge in [0, 0.05) is 18.6 Å². The number of amides is 1. The first-order valence-corrected chi connectivity index (χ1v) is 6.98. The van der Waals surface area contributed by atoms with E-state index in [4.69, 9.17) is 9.84 Å². The molecule has 0 aliphatic carbocycles. The van der Waals surface area contributed by atoms with Crippen LogP contribution in [0, 0.1) is 17.7 Å². The first-order chi connectivity index (χ1) is 10.2. The van der Waals surface area contributed by atoms with Crippen molar-refractivity contribution in [2.24, 2.45) is 0 Å². The summed E-state index contributed by atoms with van der Waals surface area (Å²) in [4.78, 5) is 12.0. The van der Waals surface area contributed by atoms with Crippen LogP contribution in [0.3, 0.4) is 0 Å². The average molecular weight is 291 g/mol. The summed E-state index contributed by atoms with van der Waals surface area (Å²) in [5.74, 6) is 4.41. The molecule has 0 saturated carbocycles. The van der Waals surface area contributed by atoms with Gasteiger partial charge in [-0.05, 0) is 31.0 Å². The van der Waals surface area contributed by atoms with Crippen molar-refractivity contribution in [1.29, 1.82) is 0 Å². The number of rotatable bonds is 3. The van der Waals surface area contributed by atoms with Crippen LogP contribution in [0.15, 0.2) is 18.2 Å². The van der Waals surface area contributed by atoms with Gasteiger partial charge in [-0.2, -0.15) is 0 Å². The van der Waals surface area contributed by atoms with Gasteiger partial charge in [0.15, 0.2) is 0 Å². The van der Waals surface area contributed by atoms with Crippen molar-refractivity contribution in [3.05, 3.63) is 35.1 Å². The summed E-state index contributed by atoms with van der Waals surface area (Å²) < 4.78 is 19.2. The molecule has 1 aliphatic rings. The van der Waals surface area contributed by atoms with Crippen molar-refractivity contribution >= 4 is 5.91 Å². The summed E-state index contributed by atoms with van der Waals surface area (Å²) in [6.45, 7) is 1.15. The quantitative estimate of drug-likeness (QED) is 0.829. The highest BCUT2D eigenvalue weighted by Gasteiger charge is 2.19. The molecule has 1 atom stereocenters. The van der Waals surface area contributed by atoms with Gasteiger partial charge in [-0.3, -0.25) is 4.79 Å². The number of benzene rings is 1. The molecule has 21 heavy (non-hydrogen) atoms. The Hall–Kier alpha value is -1.90. The van der Waals surface area contributed by atoms with Crippen LogP contribution >= 0.6 is 0 Å². The van der Waals surface area contributed by atoms with E-state index in [1.807, 2.05) is 0 Å². The maximum absolute atomic E-state index is 14.0. The van der Waals surface area contributed by atoms with E-state index in [2.05, 4.69) is 17.2 Å². The Labute approximate surface area is 123 Å². The van der Waals surface area contributed by atoms with Gasteiger partial charge >= 0.3 is 0 Å². The lowest BCUT2D eigenvalue weighted by atomic mass is 10.1. The summed E-state index contributed by atoms with van der Waals surface area (Å²) in [5.41, 5.74) is 0.492. The fraction of sp³-hybridized carbons (Fsp3) is 0.438. The average Bonchev–Trinajstić information content (AvgIpc) is 2.48. The number of hydrogen-bond acceptors (Lipinski definition) is 3. The zero-order valence-corrected chi connectivity index (χ0v) is 11.7. The summed E-state index contributed by atoms with van der Waals surface area (Å²) in [6.07, 6.45) is 2.08. The van der Waals surface area contributed by atoms with E-state index in [1.165, 1.54) is 12.1 Å². The predicted molar refractivity (Wildman–Crippen MR) is 76.3 cm³/mol. The Morgan fingerprint density at radius 2 is 2.38 bits per heavy atom. The van der Waals surface area contributed by atoms with E-state index >= 15 is 0 Å². The van der Waals surface area contributed by atoms with Gasteiger partial charge < -0.3 is 15.2 Å². The Kier molecular flexibility index (Phi) is 5.73. The van der Waals surface area contributed by atoms with Crippen LogP contribution in [0.1, 0.15) is 35.2 Å². The second kappa shape index (κ2) is 7.77. The highest BCUT2D eigenvalue weighted by atomic mass is 19.1. The molecule has 0 bridgehead atoms. The normalized spacial score (nSPS) is 17.7. The number of ether oxygens (including phenoxy) is 1. The van der Waals surface area contributed by atoms with Gasteiger partial charge in [-0.15, -0.1) is 0 Å². The van der Waals surface area contributed by atoms with Crippen LogP contribution in [0.5, 0.6) is 0 Å². The fourth-order valence-electron chi connectivity index (χ4n) is 2.12. The molecule has 1 saturated heterocycles. The third-order valence-corrected chi connectivity index (χ3v) is 3.18. The summed E-state index contributed by atoms with van der Waals surface area (Å²) in [7, 11) is 0. The first-order valence-electron chi connectivity index (χ1n) is 6.98. The number of aliphatic hydroxyl groups excluding tert-OH is 1. The lowest BCUT2D eigenvalue weighted by molar-refractivity contribution is 0.0622. The van der Waals surface area contributed by atoms with Crippen molar-refractivity contribution < 1.29 is 19.0 Å². The molecule has 5 heteroatoms. The smallest absolute Gasteiger partial charge is 0.254 e. The van der Waals surface area contributed by atoms with E-state index in [0.29, 0.717) is 25.2 Å². The fourth-order valence-corrected chi connectivity index (χ4v) is 2.12. The highest BCUT2D eigenvalue weighted by molar-refractivity contribution is 5.94. The molecule has 2 N–H and O–H groups in total. The molecular formula is C16H18FNO3. The molecule has 1 aromatic rings. The number of carbonyl (C=O) groups excluding carboxylic acids is 1. The first kappa shape index (κ1) is 15.5. The summed E-state index contributed by atoms with van der Waals surface area (Å²) in [6, 6.07) is 4.20. The van der Waals surface area contributed by atoms with Gasteiger partial charge in [0.2, 0.25) is 0 Å². The van der Waals surface area contributed by atoms with Crippen LogP contribution in [0.2, 0.25) is 0 Å². The van der Waals surface area contributed by atoms with Crippen molar-refractivity contribution in [3.63, 3.8) is 0 Å². The Balaban J connectivity index is 2.02. The minimum atomic E-state index is -0.597. The SMILES string of the molecule is O=C(NC1CCCOC1)c1ccc(C#CCCO)cc1F. The predicted octanol–water partition coefficient (Wildman–Crippen LogP) is 1.47. The van der Waals surface area contributed by atoms with E-state index in [-0.39, 0.29) is 18.2 Å². The van der Waals surface area contributed by atoms with Gasteiger partial charge in [0.05, 0.1) is 24.8 Å². The minimum Gasteiger partial charge on any atom is -0.395 e. The summed E-state index contributed by atoms with van der Waals surface area (Å²) >= 11 is 0. The zero-order valence-electron chi connectivity index (χ0n) is 11.7. The third-order valence-electron chi connectivity index (χ3n) is 3.18. The van der Waals surface area contributed by atoms with Gasteiger partial charge in [0.1, 0.15) is 5.82 Å². The van der Waals surface area contributed by atoms with Crippen molar-refractivity contribution in [2.75, 3.05) is 19.8 Å². The molecule has 2 rings (SSSR count). The number of nitrogens with one attached hydrogen (secondary N) is 1. The maximum Gasteiger partial charge on any atom is 0.254 e. The van der Waals surface area contributed by atoms with Crippen molar-refractivity contribution in [1.82, 2.24) is 5.32 Å². The number of carbonyl (C=O) groups is 1. The van der Waals surface area contributed by atoms with E-state index in [0.717, 1.165) is 12.8 Å². The summed E-state index contributed by atoms with van der Waals surface area (Å²) in [5, 5.41) is 11.4. The van der Waals surface area contributed by atoms with E-state index in [9.17, 15) is 9.18 Å². The Morgan fingerprint density at radius 1 is 1.52 bits per heavy atom. The third kappa shape index (κ3) is 4.55. The Bertz CT molecular complexity index is 556. The minimum absolute atomic E-state index is 0.00767. The zero-order chi connectivity index (χ0) is 15.1. The number of halogens is 1. The highest BCUT2D eigenvalue weighted by Crippen LogP contribution is 2.12. The molecule has 0 radical (unpaired) electrons. The lowest BCUT2D eigenvalue weighted by Gasteiger charge is -2.23. The van der Waals surface area contributed by atoms with Crippen LogP contribution in [0.4, 0.5) is 4.39 Å². The molecule has 4 nitrogen and oxygen atoms in total. The monoisotopic (exact) mass is 291 g/mol. The van der Waals surface area contributed by atoms with Gasteiger partial charge in [-0.25, -0.2) is 4.39 Å². The van der Waals surface area contributed by atoms with Crippen LogP contribution in [-0.2, 0) is 4.74 Å². The molecule has 1 heterocycles. The Morgan fingerprint density at radius 3 is 3.05 bits per heavy atom. The molecule has 1 aromatic carbocycles. The molecule has 1 unspecified atom stereocenters. The molecule has 0 aromatic heterocycles. The largest absolute Gasteiger partial charge is 0.395 e. The standard InChI is InChI=1S/C16H18FNO3/c17-15-10-12(4-1-2-8-19)6-7-14(15)16(20)18-13-5-3-9-21-11-13/h6-7,10,13,19H,2-3,5,8-9,11H2,(H,18,20). The van der Waals surface area contributed by atoms with Gasteiger partial charge in [-0.1, -0.05) is 11.8 Å². The second-order valence-corrected chi connectivity index (χ2v) is 4.86. The molecule has 0 spiro atoms. The van der Waals surface area contributed by atoms with Crippen LogP contribution in [0.25, 0.3) is 0 Å². The van der Waals surface area contributed by atoms with Crippen LogP contribution in [-0.4, -0.2) is 36.9 Å². The maximum atomic E-state index is 14.0. The second-order valence-electron chi connectivity index (χ2n) is 4.86. The van der Waals surface area contributed by atoms with Crippen molar-refractivity contribution in [3.8, 4) is 11.8 Å². The van der Waals surface area contributed by atoms with Gasteiger partial charge in [0.25, 0.3) is 5.91 Å².